The van der Waals surface area contributed by atoms with Gasteiger partial charge in [0.25, 0.3) is 0 Å². The van der Waals surface area contributed by atoms with Crippen molar-refractivity contribution in [3.63, 3.8) is 0 Å². The number of alkyl halides is 3. The molecule has 0 rings (SSSR count). The van der Waals surface area contributed by atoms with E-state index in [2.05, 4.69) is 0 Å². The van der Waals surface area contributed by atoms with Gasteiger partial charge in [-0.1, -0.05) is 0 Å². The molecule has 0 aromatic rings. The van der Waals surface area contributed by atoms with Crippen LogP contribution >= 0.6 is 0 Å². The molecule has 0 bridgehead atoms. The highest BCUT2D eigenvalue weighted by Gasteiger charge is 2.35. The number of rotatable bonds is 3. The molecule has 7 heteroatoms. The average molecular weight is 199 g/mol. The van der Waals surface area contributed by atoms with Crippen molar-refractivity contribution in [1.29, 1.82) is 0 Å². The number of carboxylic acid groups (broad SMARTS) is 1. The standard InChI is InChI=1S/C6H8F3NO3/c1-3(11)10-4(5(12)13)2-6(7,8)9/h4H,2H2,1H3,(H,10,11)(H,12,13). The Morgan fingerprint density at radius 2 is 1.92 bits per heavy atom. The topological polar surface area (TPSA) is 66.4 Å². The largest absolute Gasteiger partial charge is 0.480 e. The van der Waals surface area contributed by atoms with Crippen molar-refractivity contribution in [2.75, 3.05) is 0 Å². The lowest BCUT2D eigenvalue weighted by atomic mass is 10.2. The zero-order chi connectivity index (χ0) is 10.6. The third kappa shape index (κ3) is 5.94. The summed E-state index contributed by atoms with van der Waals surface area (Å²) in [5, 5.41) is 9.95. The molecule has 1 amide bonds. The minimum absolute atomic E-state index is 0.809. The maximum Gasteiger partial charge on any atom is 0.391 e. The first-order valence-electron chi connectivity index (χ1n) is 3.29. The number of carboxylic acids is 1. The van der Waals surface area contributed by atoms with E-state index in [1.807, 2.05) is 0 Å². The van der Waals surface area contributed by atoms with E-state index in [0.717, 1.165) is 6.92 Å². The van der Waals surface area contributed by atoms with Gasteiger partial charge in [-0.25, -0.2) is 4.79 Å². The van der Waals surface area contributed by atoms with Crippen LogP contribution in [0.25, 0.3) is 0 Å². The molecule has 0 aromatic carbocycles. The summed E-state index contributed by atoms with van der Waals surface area (Å²) in [6, 6.07) is -1.91. The lowest BCUT2D eigenvalue weighted by molar-refractivity contribution is -0.159. The maximum atomic E-state index is 11.7. The molecule has 0 aliphatic heterocycles. The van der Waals surface area contributed by atoms with Gasteiger partial charge in [-0.05, 0) is 0 Å². The van der Waals surface area contributed by atoms with E-state index in [4.69, 9.17) is 5.11 Å². The van der Waals surface area contributed by atoms with E-state index in [1.54, 1.807) is 5.32 Å². The summed E-state index contributed by atoms with van der Waals surface area (Å²) >= 11 is 0. The second-order valence-corrected chi connectivity index (χ2v) is 2.41. The van der Waals surface area contributed by atoms with Crippen molar-refractivity contribution in [1.82, 2.24) is 5.32 Å². The Balaban J connectivity index is 4.27. The van der Waals surface area contributed by atoms with Crippen LogP contribution in [0.4, 0.5) is 13.2 Å². The molecule has 13 heavy (non-hydrogen) atoms. The number of carbonyl (C=O) groups is 2. The minimum atomic E-state index is -4.61. The third-order valence-electron chi connectivity index (χ3n) is 1.11. The van der Waals surface area contributed by atoms with Gasteiger partial charge < -0.3 is 10.4 Å². The first kappa shape index (κ1) is 11.7. The molecule has 0 heterocycles. The van der Waals surface area contributed by atoms with E-state index in [9.17, 15) is 22.8 Å². The Morgan fingerprint density at radius 1 is 1.46 bits per heavy atom. The fourth-order valence-electron chi connectivity index (χ4n) is 0.677. The van der Waals surface area contributed by atoms with Crippen LogP contribution in [-0.2, 0) is 9.59 Å². The van der Waals surface area contributed by atoms with Crippen molar-refractivity contribution in [3.8, 4) is 0 Å². The van der Waals surface area contributed by atoms with Crippen molar-refractivity contribution in [2.45, 2.75) is 25.6 Å². The summed E-state index contributed by atoms with van der Waals surface area (Å²) in [6.07, 6.45) is -6.17. The van der Waals surface area contributed by atoms with Crippen LogP contribution in [0.3, 0.4) is 0 Å². The predicted molar refractivity (Wildman–Crippen MR) is 35.9 cm³/mol. The minimum Gasteiger partial charge on any atom is -0.480 e. The van der Waals surface area contributed by atoms with Crippen LogP contribution in [0.2, 0.25) is 0 Å². The molecule has 1 atom stereocenters. The van der Waals surface area contributed by atoms with Crippen molar-refractivity contribution in [3.05, 3.63) is 0 Å². The summed E-state index contributed by atoms with van der Waals surface area (Å²) in [4.78, 5) is 20.5. The molecular formula is C6H8F3NO3. The first-order chi connectivity index (χ1) is 5.72. The molecule has 0 aromatic heterocycles. The predicted octanol–water partition coefficient (Wildman–Crippen LogP) is 0.528. The average Bonchev–Trinajstić information content (AvgIpc) is 1.81. The van der Waals surface area contributed by atoms with Gasteiger partial charge in [-0.15, -0.1) is 0 Å². The Morgan fingerprint density at radius 3 is 2.15 bits per heavy atom. The molecule has 0 saturated heterocycles. The highest BCUT2D eigenvalue weighted by atomic mass is 19.4. The zero-order valence-corrected chi connectivity index (χ0v) is 6.68. The lowest BCUT2D eigenvalue weighted by Gasteiger charge is -2.14. The van der Waals surface area contributed by atoms with E-state index in [1.165, 1.54) is 0 Å². The second kappa shape index (κ2) is 4.11. The van der Waals surface area contributed by atoms with Gasteiger partial charge in [0.2, 0.25) is 5.91 Å². The van der Waals surface area contributed by atoms with Gasteiger partial charge in [-0.3, -0.25) is 4.79 Å². The molecule has 1 unspecified atom stereocenters. The van der Waals surface area contributed by atoms with Crippen LogP contribution in [0.1, 0.15) is 13.3 Å². The number of nitrogens with one attached hydrogen (secondary N) is 1. The van der Waals surface area contributed by atoms with Gasteiger partial charge >= 0.3 is 12.1 Å². The monoisotopic (exact) mass is 199 g/mol. The molecule has 0 saturated carbocycles. The number of aliphatic carboxylic acids is 1. The molecule has 2 N–H and O–H groups in total. The second-order valence-electron chi connectivity index (χ2n) is 2.41. The summed E-state index contributed by atoms with van der Waals surface area (Å²) in [6.45, 7) is 0.951. The van der Waals surface area contributed by atoms with Crippen LogP contribution in [0.5, 0.6) is 0 Å². The van der Waals surface area contributed by atoms with Gasteiger partial charge in [0.05, 0.1) is 6.42 Å². The molecule has 0 radical (unpaired) electrons. The lowest BCUT2D eigenvalue weighted by Crippen LogP contribution is -2.42. The summed E-state index contributed by atoms with van der Waals surface area (Å²) in [7, 11) is 0. The van der Waals surface area contributed by atoms with Crippen LogP contribution in [0, 0.1) is 0 Å². The van der Waals surface area contributed by atoms with Crippen molar-refractivity contribution in [2.24, 2.45) is 0 Å². The van der Waals surface area contributed by atoms with Gasteiger partial charge in [0.15, 0.2) is 0 Å². The maximum absolute atomic E-state index is 11.7. The molecule has 0 aliphatic rings. The van der Waals surface area contributed by atoms with E-state index < -0.39 is 30.5 Å². The number of carbonyl (C=O) groups excluding carboxylic acids is 1. The highest BCUT2D eigenvalue weighted by molar-refractivity contribution is 5.82. The van der Waals surface area contributed by atoms with Crippen molar-refractivity contribution < 1.29 is 27.9 Å². The molecule has 0 fully saturated rings. The molecular weight excluding hydrogens is 191 g/mol. The number of hydrogen-bond donors (Lipinski definition) is 2. The smallest absolute Gasteiger partial charge is 0.391 e. The SMILES string of the molecule is CC(=O)NC(CC(F)(F)F)C(=O)O. The molecule has 76 valence electrons. The Kier molecular flexibility index (Phi) is 3.70. The molecule has 0 spiro atoms. The Bertz CT molecular complexity index is 214. The van der Waals surface area contributed by atoms with Gasteiger partial charge in [0.1, 0.15) is 6.04 Å². The number of amides is 1. The number of hydrogen-bond acceptors (Lipinski definition) is 2. The van der Waals surface area contributed by atoms with Gasteiger partial charge in [-0.2, -0.15) is 13.2 Å². The summed E-state index contributed by atoms with van der Waals surface area (Å²) in [5.41, 5.74) is 0. The fourth-order valence-corrected chi connectivity index (χ4v) is 0.677. The van der Waals surface area contributed by atoms with E-state index >= 15 is 0 Å². The van der Waals surface area contributed by atoms with Crippen LogP contribution < -0.4 is 5.32 Å². The fraction of sp³-hybridized carbons (Fsp3) is 0.667. The Labute approximate surface area is 71.7 Å². The quantitative estimate of drug-likeness (QED) is 0.696. The zero-order valence-electron chi connectivity index (χ0n) is 6.68. The highest BCUT2D eigenvalue weighted by Crippen LogP contribution is 2.21. The number of halogens is 3. The normalized spacial score (nSPS) is 13.5. The van der Waals surface area contributed by atoms with Crippen LogP contribution in [0.15, 0.2) is 0 Å². The summed E-state index contributed by atoms with van der Waals surface area (Å²) in [5.74, 6) is -2.51. The van der Waals surface area contributed by atoms with Crippen LogP contribution in [-0.4, -0.2) is 29.2 Å². The van der Waals surface area contributed by atoms with E-state index in [-0.39, 0.29) is 0 Å². The van der Waals surface area contributed by atoms with Crippen molar-refractivity contribution >= 4 is 11.9 Å². The van der Waals surface area contributed by atoms with E-state index in [0.29, 0.717) is 0 Å². The van der Waals surface area contributed by atoms with Gasteiger partial charge in [0, 0.05) is 6.92 Å². The first-order valence-corrected chi connectivity index (χ1v) is 3.29. The summed E-state index contributed by atoms with van der Waals surface area (Å²) < 4.78 is 35.1. The molecule has 4 nitrogen and oxygen atoms in total. The Hall–Kier alpha value is -1.27. The third-order valence-corrected chi connectivity index (χ3v) is 1.11. The molecule has 0 aliphatic carbocycles.